The molecule has 6 nitrogen and oxygen atoms in total. The lowest BCUT2D eigenvalue weighted by Crippen LogP contribution is -2.37. The Bertz CT molecular complexity index is 1100. The number of nitrogens with one attached hydrogen (secondary N) is 1. The normalized spacial score (nSPS) is 15.4. The number of carbonyl (C=O) groups is 2. The van der Waals surface area contributed by atoms with Gasteiger partial charge in [-0.15, -0.1) is 0 Å². The molecule has 0 aromatic heterocycles. The predicted molar refractivity (Wildman–Crippen MR) is 123 cm³/mol. The molecule has 4 rings (SSSR count). The second-order valence-electron chi connectivity index (χ2n) is 7.84. The maximum Gasteiger partial charge on any atom is 0.263 e. The highest BCUT2D eigenvalue weighted by Crippen LogP contribution is 2.29. The zero-order valence-corrected chi connectivity index (χ0v) is 18.2. The number of rotatable bonds is 6. The van der Waals surface area contributed by atoms with Gasteiger partial charge in [0.05, 0.1) is 13.5 Å². The molecule has 3 aromatic carbocycles. The lowest BCUT2D eigenvalue weighted by Gasteiger charge is -2.22. The lowest BCUT2D eigenvalue weighted by atomic mass is 10.1. The molecule has 0 bridgehead atoms. The van der Waals surface area contributed by atoms with Gasteiger partial charge in [0.25, 0.3) is 5.91 Å². The van der Waals surface area contributed by atoms with E-state index in [9.17, 15) is 9.59 Å². The van der Waals surface area contributed by atoms with Crippen LogP contribution in [-0.4, -0.2) is 29.9 Å². The number of fused-ring (bicyclic) bond motifs is 1. The van der Waals surface area contributed by atoms with Crippen LogP contribution in [0.5, 0.6) is 11.5 Å². The van der Waals surface area contributed by atoms with Crippen LogP contribution in [0.4, 0.5) is 5.69 Å². The van der Waals surface area contributed by atoms with Crippen molar-refractivity contribution < 1.29 is 19.1 Å². The van der Waals surface area contributed by atoms with E-state index in [2.05, 4.69) is 5.32 Å². The summed E-state index contributed by atoms with van der Waals surface area (Å²) < 4.78 is 11.1. The lowest BCUT2D eigenvalue weighted by molar-refractivity contribution is -0.138. The van der Waals surface area contributed by atoms with Crippen molar-refractivity contribution >= 4 is 17.5 Å². The van der Waals surface area contributed by atoms with Crippen LogP contribution in [0.25, 0.3) is 0 Å². The zero-order chi connectivity index (χ0) is 22.5. The molecule has 1 aliphatic rings. The number of anilines is 1. The number of hydrogen-bond acceptors (Lipinski definition) is 4. The topological polar surface area (TPSA) is 67.9 Å². The van der Waals surface area contributed by atoms with Crippen LogP contribution in [0.3, 0.4) is 0 Å². The molecule has 0 saturated heterocycles. The summed E-state index contributed by atoms with van der Waals surface area (Å²) in [6.07, 6.45) is -0.291. The number of ether oxygens (including phenoxy) is 2. The van der Waals surface area contributed by atoms with Crippen LogP contribution >= 0.6 is 0 Å². The zero-order valence-electron chi connectivity index (χ0n) is 18.2. The minimum Gasteiger partial charge on any atom is -0.497 e. The van der Waals surface area contributed by atoms with E-state index < -0.39 is 6.10 Å². The highest BCUT2D eigenvalue weighted by atomic mass is 16.5. The second kappa shape index (κ2) is 9.56. The summed E-state index contributed by atoms with van der Waals surface area (Å²) in [5.74, 6) is 1.26. The average molecular weight is 431 g/mol. The summed E-state index contributed by atoms with van der Waals surface area (Å²) in [6.45, 7) is 2.61. The fourth-order valence-corrected chi connectivity index (χ4v) is 3.75. The van der Waals surface area contributed by atoms with E-state index in [1.54, 1.807) is 25.0 Å². The van der Waals surface area contributed by atoms with Crippen LogP contribution in [0, 0.1) is 0 Å². The number of nitrogens with zero attached hydrogens (tertiary/aromatic N) is 1. The standard InChI is InChI=1S/C26H26N2O4/c1-18-26(30)28(16-20-8-11-23(31-2)12-9-20)17-21-15-22(10-13-24(21)32-18)27-25(29)14-19-6-4-3-5-7-19/h3-13,15,18H,14,16-17H2,1-2H3,(H,27,29)/t18-/m1/s1. The first kappa shape index (κ1) is 21.4. The Morgan fingerprint density at radius 1 is 1.06 bits per heavy atom. The van der Waals surface area contributed by atoms with Gasteiger partial charge in [-0.25, -0.2) is 0 Å². The van der Waals surface area contributed by atoms with Crippen LogP contribution in [0.1, 0.15) is 23.6 Å². The average Bonchev–Trinajstić information content (AvgIpc) is 2.91. The molecule has 1 heterocycles. The largest absolute Gasteiger partial charge is 0.497 e. The van der Waals surface area contributed by atoms with Crippen LogP contribution < -0.4 is 14.8 Å². The van der Waals surface area contributed by atoms with Crippen molar-refractivity contribution in [3.05, 3.63) is 89.5 Å². The SMILES string of the molecule is COc1ccc(CN2Cc3cc(NC(=O)Cc4ccccc4)ccc3O[C@H](C)C2=O)cc1. The van der Waals surface area contributed by atoms with E-state index in [0.717, 1.165) is 22.4 Å². The third-order valence-corrected chi connectivity index (χ3v) is 5.41. The summed E-state index contributed by atoms with van der Waals surface area (Å²) in [7, 11) is 1.62. The molecule has 6 heteroatoms. The summed E-state index contributed by atoms with van der Waals surface area (Å²) in [4.78, 5) is 27.1. The Labute approximate surface area is 187 Å². The molecule has 32 heavy (non-hydrogen) atoms. The van der Waals surface area contributed by atoms with Crippen molar-refractivity contribution in [2.45, 2.75) is 32.5 Å². The van der Waals surface area contributed by atoms with Crippen LogP contribution in [-0.2, 0) is 29.1 Å². The number of benzene rings is 3. The monoisotopic (exact) mass is 430 g/mol. The minimum atomic E-state index is -0.590. The van der Waals surface area contributed by atoms with Gasteiger partial charge >= 0.3 is 0 Å². The molecule has 1 atom stereocenters. The quantitative estimate of drug-likeness (QED) is 0.637. The molecule has 0 aliphatic carbocycles. The van der Waals surface area contributed by atoms with Gasteiger partial charge in [-0.2, -0.15) is 0 Å². The van der Waals surface area contributed by atoms with Crippen molar-refractivity contribution in [1.82, 2.24) is 4.90 Å². The van der Waals surface area contributed by atoms with E-state index >= 15 is 0 Å². The first-order valence-electron chi connectivity index (χ1n) is 10.6. The molecular formula is C26H26N2O4. The van der Waals surface area contributed by atoms with E-state index in [-0.39, 0.29) is 11.8 Å². The van der Waals surface area contributed by atoms with Crippen molar-refractivity contribution in [3.8, 4) is 11.5 Å². The van der Waals surface area contributed by atoms with Crippen molar-refractivity contribution in [3.63, 3.8) is 0 Å². The van der Waals surface area contributed by atoms with E-state index in [1.807, 2.05) is 66.7 Å². The fourth-order valence-electron chi connectivity index (χ4n) is 3.75. The third kappa shape index (κ3) is 5.09. The van der Waals surface area contributed by atoms with Crippen LogP contribution in [0.15, 0.2) is 72.8 Å². The number of amides is 2. The summed E-state index contributed by atoms with van der Waals surface area (Å²) in [5.41, 5.74) is 3.49. The molecule has 0 radical (unpaired) electrons. The first-order chi connectivity index (χ1) is 15.5. The highest BCUT2D eigenvalue weighted by molar-refractivity contribution is 5.92. The molecular weight excluding hydrogens is 404 g/mol. The van der Waals surface area contributed by atoms with Crippen molar-refractivity contribution in [2.75, 3.05) is 12.4 Å². The first-order valence-corrected chi connectivity index (χ1v) is 10.6. The smallest absolute Gasteiger partial charge is 0.263 e. The highest BCUT2D eigenvalue weighted by Gasteiger charge is 2.28. The summed E-state index contributed by atoms with van der Waals surface area (Å²) in [6, 6.07) is 22.8. The van der Waals surface area contributed by atoms with Gasteiger partial charge in [-0.1, -0.05) is 42.5 Å². The Kier molecular flexibility index (Phi) is 6.40. The van der Waals surface area contributed by atoms with Gasteiger partial charge in [0.2, 0.25) is 5.91 Å². The Morgan fingerprint density at radius 3 is 2.53 bits per heavy atom. The van der Waals surface area contributed by atoms with Crippen molar-refractivity contribution in [2.24, 2.45) is 0 Å². The van der Waals surface area contributed by atoms with Gasteiger partial charge < -0.3 is 19.7 Å². The Hall–Kier alpha value is -3.80. The number of hydrogen-bond donors (Lipinski definition) is 1. The van der Waals surface area contributed by atoms with Crippen LogP contribution in [0.2, 0.25) is 0 Å². The molecule has 0 saturated carbocycles. The Morgan fingerprint density at radius 2 is 1.81 bits per heavy atom. The molecule has 0 fully saturated rings. The molecule has 0 unspecified atom stereocenters. The maximum absolute atomic E-state index is 12.9. The third-order valence-electron chi connectivity index (χ3n) is 5.41. The molecule has 1 aliphatic heterocycles. The molecule has 3 aromatic rings. The fraction of sp³-hybridized carbons (Fsp3) is 0.231. The summed E-state index contributed by atoms with van der Waals surface area (Å²) >= 11 is 0. The van der Waals surface area contributed by atoms with Crippen molar-refractivity contribution in [1.29, 1.82) is 0 Å². The van der Waals surface area contributed by atoms with Gasteiger partial charge in [0, 0.05) is 24.3 Å². The Balaban J connectivity index is 1.50. The number of carbonyl (C=O) groups excluding carboxylic acids is 2. The molecule has 164 valence electrons. The van der Waals surface area contributed by atoms with Gasteiger partial charge in [-0.3, -0.25) is 9.59 Å². The van der Waals surface area contributed by atoms with E-state index in [4.69, 9.17) is 9.47 Å². The molecule has 2 amide bonds. The van der Waals surface area contributed by atoms with E-state index in [1.165, 1.54) is 0 Å². The summed E-state index contributed by atoms with van der Waals surface area (Å²) in [5, 5.41) is 2.95. The number of methoxy groups -OCH3 is 1. The van der Waals surface area contributed by atoms with Gasteiger partial charge in [0.1, 0.15) is 11.5 Å². The van der Waals surface area contributed by atoms with Gasteiger partial charge in [-0.05, 0) is 48.4 Å². The second-order valence-corrected chi connectivity index (χ2v) is 7.84. The predicted octanol–water partition coefficient (Wildman–Crippen LogP) is 4.19. The van der Waals surface area contributed by atoms with E-state index in [0.29, 0.717) is 30.9 Å². The molecule has 1 N–H and O–H groups in total. The van der Waals surface area contributed by atoms with Gasteiger partial charge in [0.15, 0.2) is 6.10 Å². The maximum atomic E-state index is 12.9. The molecule has 0 spiro atoms. The minimum absolute atomic E-state index is 0.0771.